The molecule has 2 atom stereocenters. The predicted octanol–water partition coefficient (Wildman–Crippen LogP) is 4.17. The van der Waals surface area contributed by atoms with Gasteiger partial charge in [0.15, 0.2) is 0 Å². The number of nitrogens with two attached hydrogens (primary N) is 1. The Balaban J connectivity index is 0.00000264. The van der Waals surface area contributed by atoms with Gasteiger partial charge in [-0.1, -0.05) is 63.9 Å². The molecule has 1 saturated carbocycles. The highest BCUT2D eigenvalue weighted by molar-refractivity contribution is 5.85. The molecule has 0 aromatic heterocycles. The Hall–Kier alpha value is -1.06. The quantitative estimate of drug-likeness (QED) is 0.846. The predicted molar refractivity (Wildman–Crippen MR) is 98.6 cm³/mol. The zero-order valence-corrected chi connectivity index (χ0v) is 15.4. The maximum atomic E-state index is 13.0. The smallest absolute Gasteiger partial charge is 0.227 e. The van der Waals surface area contributed by atoms with Crippen molar-refractivity contribution in [1.82, 2.24) is 4.90 Å². The van der Waals surface area contributed by atoms with Crippen molar-refractivity contribution >= 4 is 18.3 Å². The highest BCUT2D eigenvalue weighted by atomic mass is 35.5. The molecule has 1 aliphatic rings. The van der Waals surface area contributed by atoms with Crippen LogP contribution in [0.4, 0.5) is 0 Å². The van der Waals surface area contributed by atoms with Crippen molar-refractivity contribution in [1.29, 1.82) is 0 Å². The van der Waals surface area contributed by atoms with Crippen LogP contribution < -0.4 is 5.73 Å². The lowest BCUT2D eigenvalue weighted by Crippen LogP contribution is -2.46. The molecule has 2 rings (SSSR count). The summed E-state index contributed by atoms with van der Waals surface area (Å²) >= 11 is 0. The Labute approximate surface area is 147 Å². The SMILES string of the molecule is CC(C)CN(C(=O)C(C)C(N)c1ccccc1)C1CCCC1.Cl. The monoisotopic (exact) mass is 338 g/mol. The second kappa shape index (κ2) is 9.29. The Morgan fingerprint density at radius 3 is 2.26 bits per heavy atom. The van der Waals surface area contributed by atoms with Gasteiger partial charge in [-0.25, -0.2) is 0 Å². The molecule has 1 aromatic rings. The summed E-state index contributed by atoms with van der Waals surface area (Å²) in [7, 11) is 0. The van der Waals surface area contributed by atoms with Crippen LogP contribution in [0.5, 0.6) is 0 Å². The van der Waals surface area contributed by atoms with Gasteiger partial charge >= 0.3 is 0 Å². The third-order valence-electron chi connectivity index (χ3n) is 4.72. The molecule has 1 amide bonds. The van der Waals surface area contributed by atoms with Crippen molar-refractivity contribution in [2.75, 3.05) is 6.54 Å². The molecule has 1 fully saturated rings. The van der Waals surface area contributed by atoms with E-state index in [0.717, 1.165) is 24.9 Å². The molecule has 1 aliphatic carbocycles. The van der Waals surface area contributed by atoms with E-state index < -0.39 is 0 Å². The number of nitrogens with zero attached hydrogens (tertiary/aromatic N) is 1. The van der Waals surface area contributed by atoms with E-state index in [9.17, 15) is 4.79 Å². The van der Waals surface area contributed by atoms with Gasteiger partial charge in [-0.2, -0.15) is 0 Å². The van der Waals surface area contributed by atoms with Gasteiger partial charge in [-0.15, -0.1) is 12.4 Å². The summed E-state index contributed by atoms with van der Waals surface area (Å²) in [5, 5.41) is 0. The standard InChI is InChI=1S/C19H30N2O.ClH/c1-14(2)13-21(17-11-7-8-12-17)19(22)15(3)18(20)16-9-5-4-6-10-16;/h4-6,9-10,14-15,17-18H,7-8,11-13,20H2,1-3H3;1H. The highest BCUT2D eigenvalue weighted by Crippen LogP contribution is 2.28. The van der Waals surface area contributed by atoms with E-state index in [-0.39, 0.29) is 30.3 Å². The molecule has 0 bridgehead atoms. The number of benzene rings is 1. The summed E-state index contributed by atoms with van der Waals surface area (Å²) in [6, 6.07) is 10.1. The number of hydrogen-bond acceptors (Lipinski definition) is 2. The summed E-state index contributed by atoms with van der Waals surface area (Å²) in [6.45, 7) is 7.17. The van der Waals surface area contributed by atoms with Gasteiger partial charge in [0, 0.05) is 18.6 Å². The fourth-order valence-corrected chi connectivity index (χ4v) is 3.41. The van der Waals surface area contributed by atoms with E-state index >= 15 is 0 Å². The Morgan fingerprint density at radius 2 is 1.74 bits per heavy atom. The first-order chi connectivity index (χ1) is 10.5. The van der Waals surface area contributed by atoms with Crippen LogP contribution in [0.3, 0.4) is 0 Å². The largest absolute Gasteiger partial charge is 0.339 e. The molecule has 4 heteroatoms. The lowest BCUT2D eigenvalue weighted by Gasteiger charge is -2.34. The minimum absolute atomic E-state index is 0. The molecular weight excluding hydrogens is 308 g/mol. The Bertz CT molecular complexity index is 472. The number of amides is 1. The minimum Gasteiger partial charge on any atom is -0.339 e. The molecule has 130 valence electrons. The van der Waals surface area contributed by atoms with Crippen molar-refractivity contribution in [3.63, 3.8) is 0 Å². The van der Waals surface area contributed by atoms with Crippen molar-refractivity contribution < 1.29 is 4.79 Å². The van der Waals surface area contributed by atoms with Crippen molar-refractivity contribution in [2.45, 2.75) is 58.5 Å². The average Bonchev–Trinajstić information content (AvgIpc) is 3.05. The molecule has 0 aliphatic heterocycles. The number of carbonyl (C=O) groups is 1. The topological polar surface area (TPSA) is 46.3 Å². The number of hydrogen-bond donors (Lipinski definition) is 1. The third-order valence-corrected chi connectivity index (χ3v) is 4.72. The van der Waals surface area contributed by atoms with Crippen LogP contribution in [0.15, 0.2) is 30.3 Å². The third kappa shape index (κ3) is 5.22. The van der Waals surface area contributed by atoms with Gasteiger partial charge in [0.1, 0.15) is 0 Å². The highest BCUT2D eigenvalue weighted by Gasteiger charge is 2.32. The molecule has 0 saturated heterocycles. The van der Waals surface area contributed by atoms with Gasteiger partial charge in [0.25, 0.3) is 0 Å². The first kappa shape index (κ1) is 20.0. The molecule has 1 aromatic carbocycles. The molecule has 0 heterocycles. The summed E-state index contributed by atoms with van der Waals surface area (Å²) in [5.74, 6) is 0.531. The lowest BCUT2D eigenvalue weighted by atomic mass is 9.93. The van der Waals surface area contributed by atoms with E-state index in [1.54, 1.807) is 0 Å². The van der Waals surface area contributed by atoms with Crippen LogP contribution in [0, 0.1) is 11.8 Å². The molecule has 2 N–H and O–H groups in total. The van der Waals surface area contributed by atoms with E-state index in [2.05, 4.69) is 18.7 Å². The molecule has 23 heavy (non-hydrogen) atoms. The number of carbonyl (C=O) groups excluding carboxylic acids is 1. The van der Waals surface area contributed by atoms with E-state index in [4.69, 9.17) is 5.73 Å². The maximum absolute atomic E-state index is 13.0. The zero-order valence-electron chi connectivity index (χ0n) is 14.6. The minimum atomic E-state index is -0.232. The molecule has 3 nitrogen and oxygen atoms in total. The fourth-order valence-electron chi connectivity index (χ4n) is 3.41. The summed E-state index contributed by atoms with van der Waals surface area (Å²) in [6.07, 6.45) is 4.77. The molecular formula is C19H31ClN2O. The second-order valence-corrected chi connectivity index (χ2v) is 7.05. The number of rotatable bonds is 6. The Kier molecular flexibility index (Phi) is 8.07. The van der Waals surface area contributed by atoms with Gasteiger partial charge in [0.05, 0.1) is 5.92 Å². The van der Waals surface area contributed by atoms with Crippen molar-refractivity contribution in [2.24, 2.45) is 17.6 Å². The van der Waals surface area contributed by atoms with Crippen molar-refractivity contribution in [3.05, 3.63) is 35.9 Å². The van der Waals surface area contributed by atoms with Gasteiger partial charge < -0.3 is 10.6 Å². The van der Waals surface area contributed by atoms with E-state index in [1.807, 2.05) is 37.3 Å². The zero-order chi connectivity index (χ0) is 16.1. The van der Waals surface area contributed by atoms with Crippen LogP contribution in [0.25, 0.3) is 0 Å². The summed E-state index contributed by atoms with van der Waals surface area (Å²) in [5.41, 5.74) is 7.40. The van der Waals surface area contributed by atoms with Crippen LogP contribution in [-0.4, -0.2) is 23.4 Å². The van der Waals surface area contributed by atoms with Crippen molar-refractivity contribution in [3.8, 4) is 0 Å². The van der Waals surface area contributed by atoms with Crippen LogP contribution >= 0.6 is 12.4 Å². The van der Waals surface area contributed by atoms with Crippen LogP contribution in [0.1, 0.15) is 58.1 Å². The van der Waals surface area contributed by atoms with E-state index in [0.29, 0.717) is 12.0 Å². The molecule has 0 spiro atoms. The lowest BCUT2D eigenvalue weighted by molar-refractivity contribution is -0.138. The summed E-state index contributed by atoms with van der Waals surface area (Å²) < 4.78 is 0. The normalized spacial score (nSPS) is 17.6. The van der Waals surface area contributed by atoms with Crippen LogP contribution in [-0.2, 0) is 4.79 Å². The summed E-state index contributed by atoms with van der Waals surface area (Å²) in [4.78, 5) is 15.1. The first-order valence-electron chi connectivity index (χ1n) is 8.61. The van der Waals surface area contributed by atoms with Gasteiger partial charge in [-0.3, -0.25) is 4.79 Å². The average molecular weight is 339 g/mol. The fraction of sp³-hybridized carbons (Fsp3) is 0.632. The van der Waals surface area contributed by atoms with E-state index in [1.165, 1.54) is 12.8 Å². The first-order valence-corrected chi connectivity index (χ1v) is 8.61. The van der Waals surface area contributed by atoms with Gasteiger partial charge in [0.2, 0.25) is 5.91 Å². The maximum Gasteiger partial charge on any atom is 0.227 e. The molecule has 0 radical (unpaired) electrons. The number of halogens is 1. The second-order valence-electron chi connectivity index (χ2n) is 7.05. The van der Waals surface area contributed by atoms with Gasteiger partial charge in [-0.05, 0) is 24.3 Å². The Morgan fingerprint density at radius 1 is 1.17 bits per heavy atom. The van der Waals surface area contributed by atoms with Crippen LogP contribution in [0.2, 0.25) is 0 Å². The molecule has 2 unspecified atom stereocenters.